The monoisotopic (exact) mass is 153 g/mol. The Morgan fingerprint density at radius 3 is 2.09 bits per heavy atom. The van der Waals surface area contributed by atoms with Crippen LogP contribution in [0.3, 0.4) is 0 Å². The minimum absolute atomic E-state index is 1.05. The summed E-state index contributed by atoms with van der Waals surface area (Å²) in [5.74, 6) is 0. The van der Waals surface area contributed by atoms with Gasteiger partial charge in [0.1, 0.15) is 0 Å². The highest BCUT2D eigenvalue weighted by atomic mass is 16.3. The summed E-state index contributed by atoms with van der Waals surface area (Å²) in [5.41, 5.74) is 2.10. The van der Waals surface area contributed by atoms with E-state index in [1.54, 1.807) is 12.1 Å². The van der Waals surface area contributed by atoms with Crippen molar-refractivity contribution < 1.29 is 0 Å². The molecule has 0 aromatic rings. The van der Waals surface area contributed by atoms with Crippen molar-refractivity contribution in [3.05, 3.63) is 28.5 Å². The topological polar surface area (TPSA) is 35.7 Å². The molecule has 0 N–H and O–H groups in total. The van der Waals surface area contributed by atoms with Crippen LogP contribution in [0.1, 0.15) is 13.8 Å². The Kier molecular flexibility index (Phi) is 1.94. The summed E-state index contributed by atoms with van der Waals surface area (Å²) in [5, 5.41) is 5.79. The number of hydrazine groups is 1. The molecular weight excluding hydrogens is 142 g/mol. The Hall–Kier alpha value is -1.32. The molecule has 1 rings (SSSR count). The van der Waals surface area contributed by atoms with E-state index in [1.807, 2.05) is 26.0 Å². The zero-order chi connectivity index (χ0) is 8.43. The summed E-state index contributed by atoms with van der Waals surface area (Å²) in [4.78, 5) is 10.1. The molecule has 0 spiro atoms. The molecule has 1 saturated heterocycles. The van der Waals surface area contributed by atoms with Crippen LogP contribution in [-0.2, 0) is 0 Å². The smallest absolute Gasteiger partial charge is 0.0861 e. The molecule has 1 aliphatic heterocycles. The Balaban J connectivity index is 2.73. The van der Waals surface area contributed by atoms with Gasteiger partial charge in [-0.2, -0.15) is 5.12 Å². The average Bonchev–Trinajstić information content (AvgIpc) is 2.76. The van der Waals surface area contributed by atoms with E-state index in [9.17, 15) is 4.91 Å². The summed E-state index contributed by atoms with van der Waals surface area (Å²) in [7, 11) is 1.62. The van der Waals surface area contributed by atoms with Crippen LogP contribution in [0.4, 0.5) is 0 Å². The number of rotatable bonds is 2. The van der Waals surface area contributed by atoms with Crippen LogP contribution in [0.15, 0.2) is 28.8 Å². The molecule has 0 unspecified atom stereocenters. The van der Waals surface area contributed by atoms with E-state index in [2.05, 4.69) is 5.29 Å². The van der Waals surface area contributed by atoms with E-state index in [0.717, 1.165) is 11.4 Å². The third kappa shape index (κ3) is 1.11. The van der Waals surface area contributed by atoms with Crippen molar-refractivity contribution in [1.82, 2.24) is 10.1 Å². The van der Waals surface area contributed by atoms with Gasteiger partial charge in [-0.15, -0.1) is 4.91 Å². The van der Waals surface area contributed by atoms with Gasteiger partial charge in [0.05, 0.1) is 23.7 Å². The molecule has 0 atom stereocenters. The lowest BCUT2D eigenvalue weighted by molar-refractivity contribution is 0.155. The quantitative estimate of drug-likeness (QED) is 0.343. The molecule has 0 amide bonds. The van der Waals surface area contributed by atoms with Gasteiger partial charge < -0.3 is 0 Å². The molecule has 4 heteroatoms. The predicted octanol–water partition coefficient (Wildman–Crippen LogP) is 1.64. The normalized spacial score (nSPS) is 22.6. The number of hydrogen-bond acceptors (Lipinski definition) is 3. The van der Waals surface area contributed by atoms with Gasteiger partial charge in [-0.25, -0.2) is 5.01 Å². The molecule has 0 aliphatic carbocycles. The molecule has 0 saturated carbocycles. The van der Waals surface area contributed by atoms with Gasteiger partial charge in [0.2, 0.25) is 0 Å². The molecular formula is C7H11N3O. The number of nitroso groups, excluding NO2 is 1. The lowest BCUT2D eigenvalue weighted by Crippen LogP contribution is -2.15. The van der Waals surface area contributed by atoms with Crippen LogP contribution in [-0.4, -0.2) is 17.2 Å². The molecule has 11 heavy (non-hydrogen) atoms. The second kappa shape index (κ2) is 2.74. The highest BCUT2D eigenvalue weighted by Crippen LogP contribution is 2.38. The Labute approximate surface area is 65.7 Å². The van der Waals surface area contributed by atoms with Crippen LogP contribution in [0.5, 0.6) is 0 Å². The third-order valence-corrected chi connectivity index (χ3v) is 1.62. The molecule has 60 valence electrons. The Morgan fingerprint density at radius 1 is 1.36 bits per heavy atom. The second-order valence-corrected chi connectivity index (χ2v) is 2.23. The van der Waals surface area contributed by atoms with Gasteiger partial charge in [0.25, 0.3) is 0 Å². The zero-order valence-corrected chi connectivity index (χ0v) is 6.90. The van der Waals surface area contributed by atoms with Crippen LogP contribution in [0.25, 0.3) is 0 Å². The first-order chi connectivity index (χ1) is 5.26. The van der Waals surface area contributed by atoms with Gasteiger partial charge in [-0.3, -0.25) is 0 Å². The van der Waals surface area contributed by atoms with E-state index in [0.29, 0.717) is 0 Å². The predicted molar refractivity (Wildman–Crippen MR) is 42.9 cm³/mol. The average molecular weight is 153 g/mol. The summed E-state index contributed by atoms with van der Waals surface area (Å²) in [6.45, 7) is 3.86. The van der Waals surface area contributed by atoms with Crippen molar-refractivity contribution in [2.45, 2.75) is 13.8 Å². The fraction of sp³-hybridized carbons (Fsp3) is 0.429. The molecule has 0 radical (unpaired) electrons. The molecule has 1 heterocycles. The van der Waals surface area contributed by atoms with Crippen LogP contribution >= 0.6 is 0 Å². The van der Waals surface area contributed by atoms with Crippen LogP contribution in [0.2, 0.25) is 0 Å². The van der Waals surface area contributed by atoms with Crippen molar-refractivity contribution in [1.29, 1.82) is 0 Å². The molecule has 0 aromatic carbocycles. The lowest BCUT2D eigenvalue weighted by Gasteiger charge is -2.06. The minimum Gasteiger partial charge on any atom is -0.232 e. The van der Waals surface area contributed by atoms with E-state index < -0.39 is 0 Å². The van der Waals surface area contributed by atoms with E-state index >= 15 is 0 Å². The fourth-order valence-corrected chi connectivity index (χ4v) is 1.07. The Bertz CT molecular complexity index is 214. The highest BCUT2D eigenvalue weighted by Gasteiger charge is 2.36. The summed E-state index contributed by atoms with van der Waals surface area (Å²) in [6.07, 6.45) is 3.88. The second-order valence-electron chi connectivity index (χ2n) is 2.23. The summed E-state index contributed by atoms with van der Waals surface area (Å²) in [6, 6.07) is 0. The number of hydrogen-bond donors (Lipinski definition) is 0. The Morgan fingerprint density at radius 2 is 1.82 bits per heavy atom. The van der Waals surface area contributed by atoms with E-state index in [4.69, 9.17) is 0 Å². The largest absolute Gasteiger partial charge is 0.232 e. The minimum atomic E-state index is 1.05. The molecule has 0 aromatic heterocycles. The zero-order valence-electron chi connectivity index (χ0n) is 6.90. The van der Waals surface area contributed by atoms with Gasteiger partial charge in [0.15, 0.2) is 0 Å². The molecule has 0 bridgehead atoms. The van der Waals surface area contributed by atoms with Gasteiger partial charge >= 0.3 is 0 Å². The van der Waals surface area contributed by atoms with Crippen molar-refractivity contribution in [2.24, 2.45) is 5.29 Å². The summed E-state index contributed by atoms with van der Waals surface area (Å²) >= 11 is 0. The SMILES string of the molecule is CC=C1/C(=C\C)N1N(C)N=O. The van der Waals surface area contributed by atoms with Crippen molar-refractivity contribution in [2.75, 3.05) is 7.05 Å². The molecule has 4 nitrogen and oxygen atoms in total. The maximum atomic E-state index is 10.1. The first-order valence-corrected chi connectivity index (χ1v) is 3.46. The number of nitrogens with zero attached hydrogens (tertiary/aromatic N) is 3. The maximum absolute atomic E-state index is 10.1. The van der Waals surface area contributed by atoms with Crippen molar-refractivity contribution >= 4 is 0 Å². The molecule has 1 aliphatic rings. The van der Waals surface area contributed by atoms with E-state index in [-0.39, 0.29) is 0 Å². The van der Waals surface area contributed by atoms with Gasteiger partial charge in [0, 0.05) is 0 Å². The molecule has 1 fully saturated rings. The summed E-state index contributed by atoms with van der Waals surface area (Å²) < 4.78 is 0. The highest BCUT2D eigenvalue weighted by molar-refractivity contribution is 5.44. The first-order valence-electron chi connectivity index (χ1n) is 3.46. The van der Waals surface area contributed by atoms with E-state index in [1.165, 1.54) is 5.12 Å². The third-order valence-electron chi connectivity index (χ3n) is 1.62. The van der Waals surface area contributed by atoms with Crippen molar-refractivity contribution in [3.8, 4) is 0 Å². The maximum Gasteiger partial charge on any atom is 0.0861 e. The number of allylic oxidation sites excluding steroid dienone is 2. The fourth-order valence-electron chi connectivity index (χ4n) is 1.07. The van der Waals surface area contributed by atoms with Crippen LogP contribution in [0, 0.1) is 4.91 Å². The van der Waals surface area contributed by atoms with Crippen molar-refractivity contribution in [3.63, 3.8) is 0 Å². The van der Waals surface area contributed by atoms with Crippen LogP contribution < -0.4 is 0 Å². The lowest BCUT2D eigenvalue weighted by atomic mass is 10.5. The van der Waals surface area contributed by atoms with Gasteiger partial charge in [-0.1, -0.05) is 12.2 Å². The van der Waals surface area contributed by atoms with Gasteiger partial charge in [-0.05, 0) is 13.8 Å². The standard InChI is InChI=1S/C7H11N3O/c1-4-6-7(5-2)10(6)9(3)8-11/h4-5H,1-3H3/b6-4+,7-5?. The first kappa shape index (κ1) is 7.78.